The van der Waals surface area contributed by atoms with Crippen molar-refractivity contribution in [3.63, 3.8) is 0 Å². The molecule has 0 N–H and O–H groups in total. The quantitative estimate of drug-likeness (QED) is 0.572. The zero-order chi connectivity index (χ0) is 14.1. The normalized spacial score (nSPS) is 16.4. The van der Waals surface area contributed by atoms with E-state index in [1.165, 1.54) is 11.3 Å². The maximum absolute atomic E-state index is 11.9. The summed E-state index contributed by atoms with van der Waals surface area (Å²) in [5.74, 6) is 0.156. The number of esters is 1. The van der Waals surface area contributed by atoms with Crippen molar-refractivity contribution < 1.29 is 9.53 Å². The fourth-order valence-electron chi connectivity index (χ4n) is 1.83. The molecular formula is C15H8Cl2O2S. The van der Waals surface area contributed by atoms with Gasteiger partial charge < -0.3 is 4.74 Å². The van der Waals surface area contributed by atoms with E-state index in [-0.39, 0.29) is 0 Å². The Kier molecular flexibility index (Phi) is 3.66. The van der Waals surface area contributed by atoms with E-state index in [0.29, 0.717) is 26.9 Å². The Morgan fingerprint density at radius 2 is 1.85 bits per heavy atom. The monoisotopic (exact) mass is 322 g/mol. The van der Waals surface area contributed by atoms with Crippen LogP contribution in [0.3, 0.4) is 0 Å². The highest BCUT2D eigenvalue weighted by molar-refractivity contribution is 7.11. The van der Waals surface area contributed by atoms with Gasteiger partial charge in [-0.1, -0.05) is 35.3 Å². The molecule has 0 aliphatic carbocycles. The van der Waals surface area contributed by atoms with Crippen LogP contribution in [0, 0.1) is 0 Å². The summed E-state index contributed by atoms with van der Waals surface area (Å²) in [7, 11) is 0. The first-order chi connectivity index (χ1) is 9.65. The first-order valence-corrected chi connectivity index (χ1v) is 7.42. The lowest BCUT2D eigenvalue weighted by Crippen LogP contribution is -1.96. The van der Waals surface area contributed by atoms with Gasteiger partial charge in [-0.15, -0.1) is 11.3 Å². The summed E-state index contributed by atoms with van der Waals surface area (Å²) >= 11 is 13.7. The van der Waals surface area contributed by atoms with Crippen LogP contribution < -0.4 is 0 Å². The molecule has 3 rings (SSSR count). The van der Waals surface area contributed by atoms with Crippen LogP contribution in [0.2, 0.25) is 10.0 Å². The molecule has 5 heteroatoms. The van der Waals surface area contributed by atoms with E-state index in [4.69, 9.17) is 27.9 Å². The number of cyclic esters (lactones) is 1. The molecule has 1 aliphatic heterocycles. The van der Waals surface area contributed by atoms with E-state index in [2.05, 4.69) is 0 Å². The molecule has 2 nitrogen and oxygen atoms in total. The van der Waals surface area contributed by atoms with Crippen molar-refractivity contribution in [2.24, 2.45) is 0 Å². The summed E-state index contributed by atoms with van der Waals surface area (Å²) in [5, 5.41) is 2.92. The van der Waals surface area contributed by atoms with Gasteiger partial charge >= 0.3 is 5.97 Å². The number of hydrogen-bond acceptors (Lipinski definition) is 3. The van der Waals surface area contributed by atoms with Gasteiger partial charge in [0.2, 0.25) is 0 Å². The Balaban J connectivity index is 2.02. The van der Waals surface area contributed by atoms with Crippen molar-refractivity contribution in [2.45, 2.75) is 0 Å². The number of benzene rings is 1. The molecule has 1 aromatic heterocycles. The van der Waals surface area contributed by atoms with E-state index in [1.807, 2.05) is 17.5 Å². The standard InChI is InChI=1S/C15H8Cl2O2S/c16-11-3-1-4-12(17)10(11)7-9-8-13(19-15(9)18)14-5-2-6-20-14/h1-8H/b9-7+. The number of rotatable bonds is 2. The van der Waals surface area contributed by atoms with Crippen LogP contribution >= 0.6 is 34.5 Å². The number of carbonyl (C=O) groups excluding carboxylic acids is 1. The second kappa shape index (κ2) is 5.44. The minimum Gasteiger partial charge on any atom is -0.421 e. The Bertz CT molecular complexity index is 710. The molecule has 0 fully saturated rings. The average Bonchev–Trinajstić information content (AvgIpc) is 3.04. The van der Waals surface area contributed by atoms with E-state index >= 15 is 0 Å². The number of ether oxygens (including phenoxy) is 1. The summed E-state index contributed by atoms with van der Waals surface area (Å²) in [4.78, 5) is 12.8. The Morgan fingerprint density at radius 3 is 2.50 bits per heavy atom. The van der Waals surface area contributed by atoms with Gasteiger partial charge in [0, 0.05) is 15.6 Å². The maximum Gasteiger partial charge on any atom is 0.343 e. The number of thiophene rings is 1. The number of carbonyl (C=O) groups is 1. The highest BCUT2D eigenvalue weighted by Gasteiger charge is 2.23. The summed E-state index contributed by atoms with van der Waals surface area (Å²) in [6.45, 7) is 0. The molecule has 0 bridgehead atoms. The van der Waals surface area contributed by atoms with E-state index in [1.54, 1.807) is 30.4 Å². The summed E-state index contributed by atoms with van der Waals surface area (Å²) in [6, 6.07) is 9.01. The molecule has 0 saturated carbocycles. The van der Waals surface area contributed by atoms with Crippen molar-refractivity contribution >= 4 is 52.3 Å². The second-order valence-electron chi connectivity index (χ2n) is 4.11. The van der Waals surface area contributed by atoms with Gasteiger partial charge in [0.15, 0.2) is 0 Å². The largest absolute Gasteiger partial charge is 0.421 e. The zero-order valence-electron chi connectivity index (χ0n) is 10.1. The first kappa shape index (κ1) is 13.4. The lowest BCUT2D eigenvalue weighted by molar-refractivity contribution is -0.130. The molecule has 0 spiro atoms. The fraction of sp³-hybridized carbons (Fsp3) is 0. The molecular weight excluding hydrogens is 315 g/mol. The Labute approximate surface area is 129 Å². The summed E-state index contributed by atoms with van der Waals surface area (Å²) in [5.41, 5.74) is 1.05. The van der Waals surface area contributed by atoms with Gasteiger partial charge in [0.1, 0.15) is 5.76 Å². The Hall–Kier alpha value is -1.55. The van der Waals surface area contributed by atoms with Crippen LogP contribution in [0.15, 0.2) is 47.4 Å². The molecule has 0 saturated heterocycles. The average molecular weight is 323 g/mol. The predicted octanol–water partition coefficient (Wildman–Crippen LogP) is 5.04. The molecule has 2 aromatic rings. The van der Waals surface area contributed by atoms with Crippen molar-refractivity contribution in [3.8, 4) is 0 Å². The molecule has 2 heterocycles. The molecule has 0 unspecified atom stereocenters. The summed E-state index contributed by atoms with van der Waals surface area (Å²) < 4.78 is 5.25. The van der Waals surface area contributed by atoms with Gasteiger partial charge in [-0.3, -0.25) is 0 Å². The van der Waals surface area contributed by atoms with Crippen LogP contribution in [0.25, 0.3) is 11.8 Å². The number of hydrogen-bond donors (Lipinski definition) is 0. The van der Waals surface area contributed by atoms with Gasteiger partial charge in [0.25, 0.3) is 0 Å². The molecule has 1 aromatic carbocycles. The van der Waals surface area contributed by atoms with Crippen molar-refractivity contribution in [1.29, 1.82) is 0 Å². The van der Waals surface area contributed by atoms with Gasteiger partial charge in [-0.25, -0.2) is 4.79 Å². The third-order valence-electron chi connectivity index (χ3n) is 2.79. The molecule has 0 amide bonds. The van der Waals surface area contributed by atoms with Crippen LogP contribution in [-0.2, 0) is 9.53 Å². The van der Waals surface area contributed by atoms with Crippen LogP contribution in [0.4, 0.5) is 0 Å². The van der Waals surface area contributed by atoms with Crippen molar-refractivity contribution in [2.75, 3.05) is 0 Å². The van der Waals surface area contributed by atoms with Crippen LogP contribution in [0.5, 0.6) is 0 Å². The molecule has 100 valence electrons. The number of halogens is 2. The predicted molar refractivity (Wildman–Crippen MR) is 82.8 cm³/mol. The highest BCUT2D eigenvalue weighted by Crippen LogP contribution is 2.32. The minimum absolute atomic E-state index is 0.399. The Morgan fingerprint density at radius 1 is 1.10 bits per heavy atom. The fourth-order valence-corrected chi connectivity index (χ4v) is 3.02. The van der Waals surface area contributed by atoms with Crippen LogP contribution in [-0.4, -0.2) is 5.97 Å². The SMILES string of the molecule is O=C1OC(c2cccs2)=C/C1=C\c1c(Cl)cccc1Cl. The zero-order valence-corrected chi connectivity index (χ0v) is 12.4. The third-order valence-corrected chi connectivity index (χ3v) is 4.33. The van der Waals surface area contributed by atoms with Crippen molar-refractivity contribution in [1.82, 2.24) is 0 Å². The van der Waals surface area contributed by atoms with E-state index in [9.17, 15) is 4.79 Å². The van der Waals surface area contributed by atoms with Gasteiger partial charge in [0.05, 0.1) is 10.5 Å². The smallest absolute Gasteiger partial charge is 0.343 e. The molecule has 20 heavy (non-hydrogen) atoms. The minimum atomic E-state index is -0.399. The van der Waals surface area contributed by atoms with Gasteiger partial charge in [-0.2, -0.15) is 0 Å². The van der Waals surface area contributed by atoms with E-state index < -0.39 is 5.97 Å². The van der Waals surface area contributed by atoms with Crippen LogP contribution in [0.1, 0.15) is 10.4 Å². The summed E-state index contributed by atoms with van der Waals surface area (Å²) in [6.07, 6.45) is 3.35. The highest BCUT2D eigenvalue weighted by atomic mass is 35.5. The van der Waals surface area contributed by atoms with Crippen molar-refractivity contribution in [3.05, 3.63) is 67.8 Å². The molecule has 0 atom stereocenters. The first-order valence-electron chi connectivity index (χ1n) is 5.78. The molecule has 0 radical (unpaired) electrons. The maximum atomic E-state index is 11.9. The topological polar surface area (TPSA) is 26.3 Å². The van der Waals surface area contributed by atoms with Gasteiger partial charge in [-0.05, 0) is 35.7 Å². The third kappa shape index (κ3) is 2.52. The lowest BCUT2D eigenvalue weighted by Gasteiger charge is -2.01. The lowest BCUT2D eigenvalue weighted by atomic mass is 10.1. The van der Waals surface area contributed by atoms with E-state index in [0.717, 1.165) is 4.88 Å². The molecule has 1 aliphatic rings. The second-order valence-corrected chi connectivity index (χ2v) is 5.87.